The number of benzene rings is 2. The van der Waals surface area contributed by atoms with Crippen molar-refractivity contribution < 1.29 is 27.2 Å². The molecule has 0 aliphatic heterocycles. The fourth-order valence-electron chi connectivity index (χ4n) is 2.18. The van der Waals surface area contributed by atoms with E-state index in [-0.39, 0.29) is 11.6 Å². The molecule has 0 bridgehead atoms. The van der Waals surface area contributed by atoms with E-state index < -0.39 is 30.0 Å². The summed E-state index contributed by atoms with van der Waals surface area (Å²) in [6.45, 7) is -0.392. The zero-order chi connectivity index (χ0) is 19.4. The zero-order valence-electron chi connectivity index (χ0n) is 13.5. The number of alkyl halides is 3. The molecular formula is C17H12F3N3O4. The summed E-state index contributed by atoms with van der Waals surface area (Å²) >= 11 is 0. The van der Waals surface area contributed by atoms with Crippen molar-refractivity contribution in [2.75, 3.05) is 11.9 Å². The Morgan fingerprint density at radius 2 is 1.93 bits per heavy atom. The average Bonchev–Trinajstić information content (AvgIpc) is 3.06. The molecule has 7 nitrogen and oxygen atoms in total. The normalized spacial score (nSPS) is 11.2. The number of hydrogen-bond donors (Lipinski definition) is 2. The first-order valence-electron chi connectivity index (χ1n) is 7.57. The van der Waals surface area contributed by atoms with Gasteiger partial charge in [0.15, 0.2) is 12.4 Å². The lowest BCUT2D eigenvalue weighted by Gasteiger charge is -2.10. The highest BCUT2D eigenvalue weighted by Gasteiger charge is 2.30. The number of aromatic amines is 1. The van der Waals surface area contributed by atoms with E-state index in [0.29, 0.717) is 11.3 Å². The number of anilines is 1. The van der Waals surface area contributed by atoms with Gasteiger partial charge in [-0.1, -0.05) is 17.3 Å². The molecule has 0 saturated heterocycles. The minimum absolute atomic E-state index is 0.132. The number of carbonyl (C=O) groups excluding carboxylic acids is 1. The quantitative estimate of drug-likeness (QED) is 0.710. The SMILES string of the molecule is O=C(COc1ccc(C(F)(F)F)cc1)Nc1cccc(-c2noc(=O)[nH]2)c1. The van der Waals surface area contributed by atoms with E-state index in [1.54, 1.807) is 24.3 Å². The van der Waals surface area contributed by atoms with Crippen LogP contribution in [-0.4, -0.2) is 22.7 Å². The van der Waals surface area contributed by atoms with Crippen LogP contribution < -0.4 is 15.8 Å². The Bertz CT molecular complexity index is 993. The van der Waals surface area contributed by atoms with Crippen molar-refractivity contribution >= 4 is 11.6 Å². The van der Waals surface area contributed by atoms with E-state index in [1.165, 1.54) is 0 Å². The molecule has 3 aromatic rings. The second-order valence-corrected chi connectivity index (χ2v) is 5.38. The van der Waals surface area contributed by atoms with Crippen LogP contribution in [0.5, 0.6) is 5.75 Å². The van der Waals surface area contributed by atoms with Gasteiger partial charge in [0.1, 0.15) is 5.75 Å². The van der Waals surface area contributed by atoms with Gasteiger partial charge >= 0.3 is 11.9 Å². The van der Waals surface area contributed by atoms with Gasteiger partial charge in [0.2, 0.25) is 0 Å². The van der Waals surface area contributed by atoms with Crippen LogP contribution in [0.2, 0.25) is 0 Å². The maximum atomic E-state index is 12.5. The summed E-state index contributed by atoms with van der Waals surface area (Å²) in [6.07, 6.45) is -4.44. The van der Waals surface area contributed by atoms with Crippen molar-refractivity contribution in [3.05, 3.63) is 64.6 Å². The predicted molar refractivity (Wildman–Crippen MR) is 88.1 cm³/mol. The van der Waals surface area contributed by atoms with Crippen LogP contribution >= 0.6 is 0 Å². The number of carbonyl (C=O) groups is 1. The molecule has 0 unspecified atom stereocenters. The van der Waals surface area contributed by atoms with Gasteiger partial charge in [-0.05, 0) is 36.4 Å². The summed E-state index contributed by atoms with van der Waals surface area (Å²) in [4.78, 5) is 25.3. The third-order valence-corrected chi connectivity index (χ3v) is 3.41. The van der Waals surface area contributed by atoms with Gasteiger partial charge in [0.25, 0.3) is 5.91 Å². The number of aromatic nitrogens is 2. The van der Waals surface area contributed by atoms with Crippen LogP contribution in [0.3, 0.4) is 0 Å². The third kappa shape index (κ3) is 4.75. The van der Waals surface area contributed by atoms with Crippen molar-refractivity contribution in [3.8, 4) is 17.1 Å². The second kappa shape index (κ2) is 7.36. The Kier molecular flexibility index (Phi) is 4.97. The topological polar surface area (TPSA) is 97.2 Å². The van der Waals surface area contributed by atoms with Crippen LogP contribution in [0.15, 0.2) is 57.8 Å². The summed E-state index contributed by atoms with van der Waals surface area (Å²) in [7, 11) is 0. The summed E-state index contributed by atoms with van der Waals surface area (Å²) < 4.78 is 47.1. The fourth-order valence-corrected chi connectivity index (χ4v) is 2.18. The smallest absolute Gasteiger partial charge is 0.439 e. The van der Waals surface area contributed by atoms with E-state index in [2.05, 4.69) is 20.0 Å². The monoisotopic (exact) mass is 379 g/mol. The molecule has 0 radical (unpaired) electrons. The highest BCUT2D eigenvalue weighted by atomic mass is 19.4. The maximum Gasteiger partial charge on any atom is 0.439 e. The fraction of sp³-hybridized carbons (Fsp3) is 0.118. The van der Waals surface area contributed by atoms with Gasteiger partial charge in [-0.25, -0.2) is 4.79 Å². The molecule has 0 fully saturated rings. The minimum Gasteiger partial charge on any atom is -0.484 e. The Balaban J connectivity index is 1.59. The molecule has 0 aliphatic rings. The van der Waals surface area contributed by atoms with Crippen molar-refractivity contribution in [2.24, 2.45) is 0 Å². The van der Waals surface area contributed by atoms with Crippen LogP contribution in [0.1, 0.15) is 5.56 Å². The van der Waals surface area contributed by atoms with Gasteiger partial charge in [-0.3, -0.25) is 14.3 Å². The number of ether oxygens (including phenoxy) is 1. The van der Waals surface area contributed by atoms with Crippen molar-refractivity contribution in [3.63, 3.8) is 0 Å². The molecular weight excluding hydrogens is 367 g/mol. The number of nitrogens with zero attached hydrogens (tertiary/aromatic N) is 1. The second-order valence-electron chi connectivity index (χ2n) is 5.38. The molecule has 0 atom stereocenters. The van der Waals surface area contributed by atoms with E-state index >= 15 is 0 Å². The van der Waals surface area contributed by atoms with Crippen LogP contribution in [0.25, 0.3) is 11.4 Å². The lowest BCUT2D eigenvalue weighted by atomic mass is 10.2. The van der Waals surface area contributed by atoms with Crippen LogP contribution in [-0.2, 0) is 11.0 Å². The van der Waals surface area contributed by atoms with Gasteiger partial charge in [0, 0.05) is 11.3 Å². The number of hydrogen-bond acceptors (Lipinski definition) is 5. The molecule has 3 rings (SSSR count). The Morgan fingerprint density at radius 1 is 1.19 bits per heavy atom. The molecule has 2 aromatic carbocycles. The summed E-state index contributed by atoms with van der Waals surface area (Å²) in [5, 5.41) is 6.12. The first-order chi connectivity index (χ1) is 12.8. The number of nitrogens with one attached hydrogen (secondary N) is 2. The first kappa shape index (κ1) is 18.2. The highest BCUT2D eigenvalue weighted by molar-refractivity contribution is 5.92. The Morgan fingerprint density at radius 3 is 2.56 bits per heavy atom. The van der Waals surface area contributed by atoms with Crippen LogP contribution in [0.4, 0.5) is 18.9 Å². The zero-order valence-corrected chi connectivity index (χ0v) is 13.5. The number of halogens is 3. The number of rotatable bonds is 5. The lowest BCUT2D eigenvalue weighted by molar-refractivity contribution is -0.137. The summed E-state index contributed by atoms with van der Waals surface area (Å²) in [5.74, 6) is -0.880. The Labute approximate surface area is 149 Å². The number of amides is 1. The third-order valence-electron chi connectivity index (χ3n) is 3.41. The van der Waals surface area contributed by atoms with Gasteiger partial charge < -0.3 is 10.1 Å². The molecule has 10 heteroatoms. The summed E-state index contributed by atoms with van der Waals surface area (Å²) in [6, 6.07) is 10.5. The van der Waals surface area contributed by atoms with E-state index in [9.17, 15) is 22.8 Å². The van der Waals surface area contributed by atoms with E-state index in [1.807, 2.05) is 0 Å². The minimum atomic E-state index is -4.44. The van der Waals surface area contributed by atoms with E-state index in [4.69, 9.17) is 4.74 Å². The van der Waals surface area contributed by atoms with Gasteiger partial charge in [-0.2, -0.15) is 13.2 Å². The predicted octanol–water partition coefficient (Wildman–Crippen LogP) is 3.07. The molecule has 0 aliphatic carbocycles. The van der Waals surface area contributed by atoms with Crippen LogP contribution in [0, 0.1) is 0 Å². The lowest BCUT2D eigenvalue weighted by Crippen LogP contribution is -2.20. The van der Waals surface area contributed by atoms with Crippen molar-refractivity contribution in [1.29, 1.82) is 0 Å². The first-order valence-corrected chi connectivity index (χ1v) is 7.57. The van der Waals surface area contributed by atoms with Crippen molar-refractivity contribution in [1.82, 2.24) is 10.1 Å². The standard InChI is InChI=1S/C17H12F3N3O4/c18-17(19,20)11-4-6-13(7-5-11)26-9-14(24)21-12-3-1-2-10(8-12)15-22-16(25)27-23-15/h1-8H,9H2,(H,21,24)(H,22,23,25). The average molecular weight is 379 g/mol. The molecule has 2 N–H and O–H groups in total. The molecule has 140 valence electrons. The molecule has 27 heavy (non-hydrogen) atoms. The molecule has 1 aromatic heterocycles. The van der Waals surface area contributed by atoms with Gasteiger partial charge in [-0.15, -0.1) is 0 Å². The molecule has 1 amide bonds. The molecule has 1 heterocycles. The van der Waals surface area contributed by atoms with E-state index in [0.717, 1.165) is 24.3 Å². The molecule has 0 saturated carbocycles. The largest absolute Gasteiger partial charge is 0.484 e. The summed E-state index contributed by atoms with van der Waals surface area (Å²) in [5.41, 5.74) is 0.127. The number of H-pyrrole nitrogens is 1. The van der Waals surface area contributed by atoms with Gasteiger partial charge in [0.05, 0.1) is 5.56 Å². The maximum absolute atomic E-state index is 12.5. The molecule has 0 spiro atoms. The Hall–Kier alpha value is -3.56. The van der Waals surface area contributed by atoms with Crippen molar-refractivity contribution in [2.45, 2.75) is 6.18 Å². The highest BCUT2D eigenvalue weighted by Crippen LogP contribution is 2.30.